The van der Waals surface area contributed by atoms with Gasteiger partial charge in [-0.1, -0.05) is 12.1 Å². The molecule has 0 aromatic heterocycles. The smallest absolute Gasteiger partial charge is 0.165 e. The standard InChI is InChI=1S/C14H20ClFO4/c1-17-5-6-18-7-8-19-9-10-20-14-12(11-15)3-2-4-13(14)16/h2-4H,5-11H2,1H3. The Hall–Kier alpha value is -0.880. The van der Waals surface area contributed by atoms with Crippen LogP contribution in [-0.4, -0.2) is 46.8 Å². The van der Waals surface area contributed by atoms with Crippen molar-refractivity contribution in [1.82, 2.24) is 0 Å². The van der Waals surface area contributed by atoms with Gasteiger partial charge >= 0.3 is 0 Å². The van der Waals surface area contributed by atoms with E-state index in [2.05, 4.69) is 0 Å². The molecule has 6 heteroatoms. The van der Waals surface area contributed by atoms with Gasteiger partial charge in [0.1, 0.15) is 6.61 Å². The number of alkyl halides is 1. The Morgan fingerprint density at radius 2 is 1.65 bits per heavy atom. The average Bonchev–Trinajstić information content (AvgIpc) is 2.46. The summed E-state index contributed by atoms with van der Waals surface area (Å²) in [6, 6.07) is 4.68. The van der Waals surface area contributed by atoms with E-state index in [1.54, 1.807) is 19.2 Å². The van der Waals surface area contributed by atoms with E-state index in [0.717, 1.165) is 0 Å². The number of rotatable bonds is 11. The van der Waals surface area contributed by atoms with Crippen LogP contribution in [-0.2, 0) is 20.1 Å². The second-order valence-corrected chi connectivity index (χ2v) is 4.19. The average molecular weight is 307 g/mol. The Kier molecular flexibility index (Phi) is 9.32. The third-order valence-electron chi connectivity index (χ3n) is 2.47. The van der Waals surface area contributed by atoms with Gasteiger partial charge in [-0.3, -0.25) is 0 Å². The molecule has 0 bridgehead atoms. The first-order chi connectivity index (χ1) is 9.79. The Labute approximate surface area is 123 Å². The molecule has 1 aromatic carbocycles. The summed E-state index contributed by atoms with van der Waals surface area (Å²) in [6.45, 7) is 2.71. The molecule has 0 unspecified atom stereocenters. The molecule has 0 fully saturated rings. The largest absolute Gasteiger partial charge is 0.488 e. The number of para-hydroxylation sites is 1. The normalized spacial score (nSPS) is 10.8. The maximum atomic E-state index is 13.5. The van der Waals surface area contributed by atoms with Crippen LogP contribution >= 0.6 is 11.6 Å². The first kappa shape index (κ1) is 17.2. The van der Waals surface area contributed by atoms with Gasteiger partial charge in [0.2, 0.25) is 0 Å². The monoisotopic (exact) mass is 306 g/mol. The van der Waals surface area contributed by atoms with Crippen LogP contribution < -0.4 is 4.74 Å². The molecule has 0 saturated carbocycles. The molecule has 0 aliphatic carbocycles. The maximum Gasteiger partial charge on any atom is 0.165 e. The summed E-state index contributed by atoms with van der Waals surface area (Å²) in [6.07, 6.45) is 0. The van der Waals surface area contributed by atoms with Crippen molar-refractivity contribution in [3.63, 3.8) is 0 Å². The van der Waals surface area contributed by atoms with Crippen molar-refractivity contribution in [2.24, 2.45) is 0 Å². The first-order valence-corrected chi connectivity index (χ1v) is 6.93. The zero-order valence-electron chi connectivity index (χ0n) is 11.6. The molecule has 0 aliphatic rings. The highest BCUT2D eigenvalue weighted by atomic mass is 35.5. The highest BCUT2D eigenvalue weighted by Crippen LogP contribution is 2.23. The molecule has 0 saturated heterocycles. The molecule has 20 heavy (non-hydrogen) atoms. The molecule has 0 aliphatic heterocycles. The predicted octanol–water partition coefficient (Wildman–Crippen LogP) is 2.62. The van der Waals surface area contributed by atoms with E-state index in [1.807, 2.05) is 0 Å². The molecular formula is C14H20ClFO4. The minimum atomic E-state index is -0.411. The molecule has 4 nitrogen and oxygen atoms in total. The Morgan fingerprint density at radius 1 is 1.00 bits per heavy atom. The fourth-order valence-electron chi connectivity index (χ4n) is 1.49. The van der Waals surface area contributed by atoms with Gasteiger partial charge in [0.05, 0.1) is 38.9 Å². The highest BCUT2D eigenvalue weighted by Gasteiger charge is 2.08. The molecule has 114 valence electrons. The summed E-state index contributed by atoms with van der Waals surface area (Å²) in [5, 5.41) is 0. The van der Waals surface area contributed by atoms with Crippen LogP contribution in [0.25, 0.3) is 0 Å². The zero-order valence-corrected chi connectivity index (χ0v) is 12.3. The fourth-order valence-corrected chi connectivity index (χ4v) is 1.70. The summed E-state index contributed by atoms with van der Waals surface area (Å²) in [5.74, 6) is -0.00474. The van der Waals surface area contributed by atoms with Crippen LogP contribution in [0.1, 0.15) is 5.56 Å². The highest BCUT2D eigenvalue weighted by molar-refractivity contribution is 6.17. The number of hydrogen-bond donors (Lipinski definition) is 0. The van der Waals surface area contributed by atoms with Crippen molar-refractivity contribution in [2.75, 3.05) is 46.8 Å². The van der Waals surface area contributed by atoms with Crippen LogP contribution in [0.4, 0.5) is 4.39 Å². The minimum absolute atomic E-state index is 0.197. The van der Waals surface area contributed by atoms with E-state index in [-0.39, 0.29) is 18.2 Å². The molecule has 0 spiro atoms. The van der Waals surface area contributed by atoms with Crippen molar-refractivity contribution in [3.05, 3.63) is 29.6 Å². The molecular weight excluding hydrogens is 287 g/mol. The molecule has 0 heterocycles. The van der Waals surface area contributed by atoms with Gasteiger partial charge in [0.25, 0.3) is 0 Å². The maximum absolute atomic E-state index is 13.5. The summed E-state index contributed by atoms with van der Waals surface area (Å²) in [7, 11) is 1.62. The van der Waals surface area contributed by atoms with E-state index in [1.165, 1.54) is 6.07 Å². The SMILES string of the molecule is COCCOCCOCCOc1c(F)cccc1CCl. The van der Waals surface area contributed by atoms with Gasteiger partial charge in [0, 0.05) is 12.7 Å². The van der Waals surface area contributed by atoms with Gasteiger partial charge in [-0.25, -0.2) is 4.39 Å². The van der Waals surface area contributed by atoms with Crippen LogP contribution in [0.3, 0.4) is 0 Å². The molecule has 0 amide bonds. The fraction of sp³-hybridized carbons (Fsp3) is 0.571. The van der Waals surface area contributed by atoms with Gasteiger partial charge < -0.3 is 18.9 Å². The molecule has 0 radical (unpaired) electrons. The number of halogens is 2. The van der Waals surface area contributed by atoms with Crippen molar-refractivity contribution in [1.29, 1.82) is 0 Å². The molecule has 0 N–H and O–H groups in total. The number of hydrogen-bond acceptors (Lipinski definition) is 4. The summed E-state index contributed by atoms with van der Waals surface area (Å²) in [5.41, 5.74) is 0.634. The zero-order chi connectivity index (χ0) is 14.6. The van der Waals surface area contributed by atoms with Gasteiger partial charge in [-0.15, -0.1) is 11.6 Å². The lowest BCUT2D eigenvalue weighted by molar-refractivity contribution is 0.0176. The molecule has 1 aromatic rings. The Bertz CT molecular complexity index is 376. The van der Waals surface area contributed by atoms with E-state index in [9.17, 15) is 4.39 Å². The lowest BCUT2D eigenvalue weighted by Crippen LogP contribution is -2.13. The Balaban J connectivity index is 2.12. The summed E-state index contributed by atoms with van der Waals surface area (Å²) >= 11 is 5.72. The third-order valence-corrected chi connectivity index (χ3v) is 2.76. The lowest BCUT2D eigenvalue weighted by atomic mass is 10.2. The molecule has 1 rings (SSSR count). The predicted molar refractivity (Wildman–Crippen MR) is 75.0 cm³/mol. The summed E-state index contributed by atoms with van der Waals surface area (Å²) in [4.78, 5) is 0. The third kappa shape index (κ3) is 6.52. The van der Waals surface area contributed by atoms with Crippen LogP contribution in [0.5, 0.6) is 5.75 Å². The van der Waals surface area contributed by atoms with Crippen molar-refractivity contribution in [3.8, 4) is 5.75 Å². The first-order valence-electron chi connectivity index (χ1n) is 6.40. The lowest BCUT2D eigenvalue weighted by Gasteiger charge is -2.11. The second-order valence-electron chi connectivity index (χ2n) is 3.93. The van der Waals surface area contributed by atoms with Crippen molar-refractivity contribution >= 4 is 11.6 Å². The van der Waals surface area contributed by atoms with Gasteiger partial charge in [-0.2, -0.15) is 0 Å². The van der Waals surface area contributed by atoms with E-state index < -0.39 is 5.82 Å². The Morgan fingerprint density at radius 3 is 2.30 bits per heavy atom. The van der Waals surface area contributed by atoms with Gasteiger partial charge in [-0.05, 0) is 6.07 Å². The number of ether oxygens (including phenoxy) is 4. The van der Waals surface area contributed by atoms with Crippen molar-refractivity contribution < 1.29 is 23.3 Å². The second kappa shape index (κ2) is 10.9. The van der Waals surface area contributed by atoms with E-state index in [0.29, 0.717) is 38.6 Å². The number of methoxy groups -OCH3 is 1. The van der Waals surface area contributed by atoms with Crippen molar-refractivity contribution in [2.45, 2.75) is 5.88 Å². The van der Waals surface area contributed by atoms with E-state index >= 15 is 0 Å². The van der Waals surface area contributed by atoms with E-state index in [4.69, 9.17) is 30.5 Å². The van der Waals surface area contributed by atoms with Gasteiger partial charge in [0.15, 0.2) is 11.6 Å². The van der Waals surface area contributed by atoms with Crippen LogP contribution in [0.15, 0.2) is 18.2 Å². The quantitative estimate of drug-likeness (QED) is 0.465. The minimum Gasteiger partial charge on any atom is -0.488 e. The number of benzene rings is 1. The summed E-state index contributed by atoms with van der Waals surface area (Å²) < 4.78 is 34.3. The molecule has 0 atom stereocenters. The van der Waals surface area contributed by atoms with Crippen LogP contribution in [0, 0.1) is 5.82 Å². The topological polar surface area (TPSA) is 36.9 Å². The van der Waals surface area contributed by atoms with Crippen LogP contribution in [0.2, 0.25) is 0 Å².